The van der Waals surface area contributed by atoms with Crippen LogP contribution in [0.1, 0.15) is 34.3 Å². The number of ether oxygens (including phenoxy) is 1. The Bertz CT molecular complexity index is 1220. The SMILES string of the molecule is COc1ccccc1CNC(=O)c1ccc(N2CCCC2)c(NC(=O)Nc2ccc(C)c(Cl)c2)c1. The molecule has 3 aromatic rings. The number of anilines is 3. The molecule has 7 nitrogen and oxygen atoms in total. The highest BCUT2D eigenvalue weighted by atomic mass is 35.5. The molecule has 4 rings (SSSR count). The third kappa shape index (κ3) is 6.05. The first-order valence-corrected chi connectivity index (χ1v) is 12.0. The highest BCUT2D eigenvalue weighted by Crippen LogP contribution is 2.31. The molecule has 182 valence electrons. The molecule has 8 heteroatoms. The number of halogens is 1. The number of carbonyl (C=O) groups excluding carboxylic acids is 2. The lowest BCUT2D eigenvalue weighted by Crippen LogP contribution is -2.26. The van der Waals surface area contributed by atoms with Crippen LogP contribution in [0.4, 0.5) is 21.9 Å². The summed E-state index contributed by atoms with van der Waals surface area (Å²) in [4.78, 5) is 28.0. The number of para-hydroxylation sites is 1. The molecule has 1 aliphatic heterocycles. The molecule has 1 heterocycles. The second-order valence-electron chi connectivity index (χ2n) is 8.46. The van der Waals surface area contributed by atoms with Gasteiger partial charge >= 0.3 is 6.03 Å². The van der Waals surface area contributed by atoms with Crippen LogP contribution in [0.2, 0.25) is 5.02 Å². The fourth-order valence-electron chi connectivity index (χ4n) is 4.09. The van der Waals surface area contributed by atoms with Gasteiger partial charge in [0.2, 0.25) is 0 Å². The normalized spacial score (nSPS) is 12.8. The maximum atomic E-state index is 12.9. The Balaban J connectivity index is 1.51. The van der Waals surface area contributed by atoms with Crippen molar-refractivity contribution in [2.75, 3.05) is 35.7 Å². The number of carbonyl (C=O) groups is 2. The fourth-order valence-corrected chi connectivity index (χ4v) is 4.27. The van der Waals surface area contributed by atoms with Gasteiger partial charge in [0.15, 0.2) is 0 Å². The summed E-state index contributed by atoms with van der Waals surface area (Å²) in [5.41, 5.74) is 4.32. The zero-order valence-corrected chi connectivity index (χ0v) is 20.6. The molecule has 0 bridgehead atoms. The molecular weight excluding hydrogens is 464 g/mol. The van der Waals surface area contributed by atoms with Crippen molar-refractivity contribution in [1.82, 2.24) is 5.32 Å². The summed E-state index contributed by atoms with van der Waals surface area (Å²) in [6.45, 7) is 4.04. The molecule has 3 aromatic carbocycles. The van der Waals surface area contributed by atoms with Crippen molar-refractivity contribution < 1.29 is 14.3 Å². The molecule has 0 radical (unpaired) electrons. The number of nitrogens with one attached hydrogen (secondary N) is 3. The van der Waals surface area contributed by atoms with Crippen LogP contribution in [0.25, 0.3) is 0 Å². The van der Waals surface area contributed by atoms with Crippen LogP contribution in [0.15, 0.2) is 60.7 Å². The van der Waals surface area contributed by atoms with Crippen molar-refractivity contribution in [1.29, 1.82) is 0 Å². The van der Waals surface area contributed by atoms with E-state index in [1.54, 1.807) is 31.4 Å². The number of rotatable bonds is 7. The Kier molecular flexibility index (Phi) is 7.77. The van der Waals surface area contributed by atoms with E-state index in [9.17, 15) is 9.59 Å². The molecule has 1 aliphatic rings. The Labute approximate surface area is 210 Å². The molecule has 1 saturated heterocycles. The van der Waals surface area contributed by atoms with Gasteiger partial charge in [-0.2, -0.15) is 0 Å². The number of urea groups is 1. The third-order valence-electron chi connectivity index (χ3n) is 6.02. The second kappa shape index (κ2) is 11.1. The molecule has 0 aliphatic carbocycles. The number of nitrogens with zero attached hydrogens (tertiary/aromatic N) is 1. The summed E-state index contributed by atoms with van der Waals surface area (Å²) in [5, 5.41) is 9.25. The van der Waals surface area contributed by atoms with Gasteiger partial charge in [-0.3, -0.25) is 4.79 Å². The van der Waals surface area contributed by atoms with Crippen molar-refractivity contribution >= 4 is 40.6 Å². The van der Waals surface area contributed by atoms with Crippen LogP contribution in [0.3, 0.4) is 0 Å². The van der Waals surface area contributed by atoms with E-state index >= 15 is 0 Å². The lowest BCUT2D eigenvalue weighted by Gasteiger charge is -2.22. The van der Waals surface area contributed by atoms with E-state index in [4.69, 9.17) is 16.3 Å². The summed E-state index contributed by atoms with van der Waals surface area (Å²) < 4.78 is 5.36. The lowest BCUT2D eigenvalue weighted by molar-refractivity contribution is 0.0950. The van der Waals surface area contributed by atoms with Gasteiger partial charge in [-0.25, -0.2) is 4.79 Å². The van der Waals surface area contributed by atoms with Gasteiger partial charge in [0.25, 0.3) is 5.91 Å². The minimum atomic E-state index is -0.406. The standard InChI is InChI=1S/C27H29ClN4O3/c1-18-9-11-21(16-22(18)28)30-27(34)31-23-15-19(10-12-24(23)32-13-5-6-14-32)26(33)29-17-20-7-3-4-8-25(20)35-2/h3-4,7-12,15-16H,5-6,13-14,17H2,1-2H3,(H,29,33)(H2,30,31,34). The van der Waals surface area contributed by atoms with Gasteiger partial charge < -0.3 is 25.6 Å². The van der Waals surface area contributed by atoms with Crippen LogP contribution in [0, 0.1) is 6.92 Å². The first-order chi connectivity index (χ1) is 16.9. The van der Waals surface area contributed by atoms with Gasteiger partial charge in [-0.05, 0) is 61.7 Å². The fraction of sp³-hybridized carbons (Fsp3) is 0.259. The molecule has 0 aromatic heterocycles. The van der Waals surface area contributed by atoms with Crippen molar-refractivity contribution in [3.8, 4) is 5.75 Å². The van der Waals surface area contributed by atoms with Crippen molar-refractivity contribution in [2.45, 2.75) is 26.3 Å². The zero-order valence-electron chi connectivity index (χ0n) is 19.9. The Morgan fingerprint density at radius 2 is 1.77 bits per heavy atom. The van der Waals surface area contributed by atoms with Gasteiger partial charge in [-0.1, -0.05) is 35.9 Å². The Hall–Kier alpha value is -3.71. The molecule has 0 atom stereocenters. The minimum Gasteiger partial charge on any atom is -0.496 e. The average Bonchev–Trinajstić information content (AvgIpc) is 3.39. The predicted molar refractivity (Wildman–Crippen MR) is 141 cm³/mol. The molecule has 3 N–H and O–H groups in total. The van der Waals surface area contributed by atoms with Crippen molar-refractivity contribution in [3.63, 3.8) is 0 Å². The number of amides is 3. The zero-order chi connectivity index (χ0) is 24.8. The van der Waals surface area contributed by atoms with Crippen molar-refractivity contribution in [3.05, 3.63) is 82.4 Å². The Morgan fingerprint density at radius 1 is 1.00 bits per heavy atom. The topological polar surface area (TPSA) is 82.7 Å². The van der Waals surface area contributed by atoms with Crippen LogP contribution < -0.4 is 25.6 Å². The quantitative estimate of drug-likeness (QED) is 0.387. The molecule has 0 saturated carbocycles. The van der Waals surface area contributed by atoms with Crippen LogP contribution in [0.5, 0.6) is 5.75 Å². The van der Waals surface area contributed by atoms with Crippen LogP contribution in [-0.4, -0.2) is 32.1 Å². The molecule has 1 fully saturated rings. The van der Waals surface area contributed by atoms with Crippen LogP contribution in [-0.2, 0) is 6.54 Å². The smallest absolute Gasteiger partial charge is 0.323 e. The predicted octanol–water partition coefficient (Wildman–Crippen LogP) is 5.83. The second-order valence-corrected chi connectivity index (χ2v) is 8.87. The highest BCUT2D eigenvalue weighted by molar-refractivity contribution is 6.31. The summed E-state index contributed by atoms with van der Waals surface area (Å²) in [5.74, 6) is 0.477. The largest absolute Gasteiger partial charge is 0.496 e. The maximum absolute atomic E-state index is 12.9. The molecule has 0 spiro atoms. The van der Waals surface area contributed by atoms with E-state index in [1.165, 1.54) is 0 Å². The summed E-state index contributed by atoms with van der Waals surface area (Å²) in [6, 6.07) is 17.9. The van der Waals surface area contributed by atoms with Gasteiger partial charge in [-0.15, -0.1) is 0 Å². The lowest BCUT2D eigenvalue weighted by atomic mass is 10.1. The van der Waals surface area contributed by atoms with Gasteiger partial charge in [0, 0.05) is 41.5 Å². The number of benzene rings is 3. The van der Waals surface area contributed by atoms with E-state index in [-0.39, 0.29) is 5.91 Å². The average molecular weight is 493 g/mol. The monoisotopic (exact) mass is 492 g/mol. The Morgan fingerprint density at radius 3 is 2.51 bits per heavy atom. The van der Waals surface area contributed by atoms with E-state index in [2.05, 4.69) is 20.9 Å². The first kappa shape index (κ1) is 24.4. The first-order valence-electron chi connectivity index (χ1n) is 11.6. The minimum absolute atomic E-state index is 0.238. The van der Waals surface area contributed by atoms with E-state index in [0.29, 0.717) is 34.3 Å². The maximum Gasteiger partial charge on any atom is 0.323 e. The van der Waals surface area contributed by atoms with Crippen molar-refractivity contribution in [2.24, 2.45) is 0 Å². The van der Waals surface area contributed by atoms with E-state index < -0.39 is 6.03 Å². The summed E-state index contributed by atoms with van der Waals surface area (Å²) in [6.07, 6.45) is 2.18. The number of methoxy groups -OCH3 is 1. The van der Waals surface area contributed by atoms with Gasteiger partial charge in [0.1, 0.15) is 5.75 Å². The summed E-state index contributed by atoms with van der Waals surface area (Å²) >= 11 is 6.19. The third-order valence-corrected chi connectivity index (χ3v) is 6.42. The van der Waals surface area contributed by atoms with E-state index in [0.717, 1.165) is 42.7 Å². The number of hydrogen-bond acceptors (Lipinski definition) is 4. The molecular formula is C27H29ClN4O3. The van der Waals surface area contributed by atoms with E-state index in [1.807, 2.05) is 43.3 Å². The molecule has 35 heavy (non-hydrogen) atoms. The van der Waals surface area contributed by atoms with Crippen LogP contribution >= 0.6 is 11.6 Å². The summed E-state index contributed by atoms with van der Waals surface area (Å²) in [7, 11) is 1.60. The number of aryl methyl sites for hydroxylation is 1. The highest BCUT2D eigenvalue weighted by Gasteiger charge is 2.19. The number of hydrogen-bond donors (Lipinski definition) is 3. The van der Waals surface area contributed by atoms with Gasteiger partial charge in [0.05, 0.1) is 18.5 Å². The molecule has 0 unspecified atom stereocenters. The molecule has 3 amide bonds.